The number of aryl methyl sites for hydroxylation is 2. The van der Waals surface area contributed by atoms with Gasteiger partial charge in [-0.05, 0) is 6.92 Å². The maximum atomic E-state index is 12.1. The van der Waals surface area contributed by atoms with Crippen LogP contribution in [-0.4, -0.2) is 32.5 Å². The van der Waals surface area contributed by atoms with Crippen LogP contribution in [0, 0.1) is 6.92 Å². The average molecular weight is 265 g/mol. The third-order valence-corrected chi connectivity index (χ3v) is 3.29. The molecule has 18 heavy (non-hydrogen) atoms. The Kier molecular flexibility index (Phi) is 2.71. The third-order valence-electron chi connectivity index (χ3n) is 2.54. The first-order valence-corrected chi connectivity index (χ1v) is 6.36. The van der Waals surface area contributed by atoms with Crippen LogP contribution in [0.2, 0.25) is 0 Å². The highest BCUT2D eigenvalue weighted by atomic mass is 32.1. The Hall–Kier alpha value is -1.96. The van der Waals surface area contributed by atoms with Crippen molar-refractivity contribution in [2.45, 2.75) is 19.9 Å². The summed E-state index contributed by atoms with van der Waals surface area (Å²) in [5.74, 6) is 0.259. The Bertz CT molecular complexity index is 591. The van der Waals surface area contributed by atoms with Gasteiger partial charge in [0, 0.05) is 13.0 Å². The van der Waals surface area contributed by atoms with Gasteiger partial charge in [0.15, 0.2) is 0 Å². The number of nitrogens with zero attached hydrogens (tertiary/aromatic N) is 4. The van der Waals surface area contributed by atoms with Crippen LogP contribution in [0.15, 0.2) is 6.20 Å². The van der Waals surface area contributed by atoms with Crippen molar-refractivity contribution in [3.8, 4) is 5.88 Å². The van der Waals surface area contributed by atoms with Gasteiger partial charge in [-0.25, -0.2) is 4.68 Å². The molecule has 0 atom stereocenters. The Labute approximate surface area is 107 Å². The molecule has 0 radical (unpaired) electrons. The first-order chi connectivity index (χ1) is 8.74. The van der Waals surface area contributed by atoms with Crippen molar-refractivity contribution in [2.75, 3.05) is 11.9 Å². The van der Waals surface area contributed by atoms with Gasteiger partial charge in [0.2, 0.25) is 11.0 Å². The molecule has 2 aromatic heterocycles. The minimum absolute atomic E-state index is 0.269. The predicted octanol–water partition coefficient (Wildman–Crippen LogP) is 1.08. The van der Waals surface area contributed by atoms with Crippen LogP contribution in [0.5, 0.6) is 5.88 Å². The van der Waals surface area contributed by atoms with E-state index >= 15 is 0 Å². The van der Waals surface area contributed by atoms with Crippen LogP contribution in [0.4, 0.5) is 5.13 Å². The molecule has 0 aromatic carbocycles. The molecule has 2 aromatic rings. The Balaban J connectivity index is 1.82. The van der Waals surface area contributed by atoms with E-state index in [0.29, 0.717) is 23.2 Å². The van der Waals surface area contributed by atoms with Gasteiger partial charge in [0.25, 0.3) is 5.91 Å². The number of ether oxygens (including phenoxy) is 1. The molecular weight excluding hydrogens is 254 g/mol. The fourth-order valence-corrected chi connectivity index (χ4v) is 2.32. The molecule has 0 saturated carbocycles. The summed E-state index contributed by atoms with van der Waals surface area (Å²) in [5.41, 5.74) is 0.433. The maximum Gasteiger partial charge on any atom is 0.264 e. The van der Waals surface area contributed by atoms with Gasteiger partial charge in [-0.1, -0.05) is 11.3 Å². The first-order valence-electron chi connectivity index (χ1n) is 5.54. The molecule has 0 unspecified atom stereocenters. The minimum Gasteiger partial charge on any atom is -0.477 e. The Morgan fingerprint density at radius 1 is 1.56 bits per heavy atom. The van der Waals surface area contributed by atoms with E-state index in [1.165, 1.54) is 17.5 Å². The molecular formula is C10H11N5O2S. The second-order valence-corrected chi connectivity index (χ2v) is 5.05. The summed E-state index contributed by atoms with van der Waals surface area (Å²) in [5, 5.41) is 15.8. The van der Waals surface area contributed by atoms with Gasteiger partial charge < -0.3 is 4.74 Å². The lowest BCUT2D eigenvalue weighted by atomic mass is 10.3. The van der Waals surface area contributed by atoms with Crippen molar-refractivity contribution in [1.29, 1.82) is 0 Å². The molecule has 94 valence electrons. The summed E-state index contributed by atoms with van der Waals surface area (Å²) in [6.07, 6.45) is 2.43. The van der Waals surface area contributed by atoms with Crippen LogP contribution in [0.3, 0.4) is 0 Å². The number of hydrogen-bond acceptors (Lipinski definition) is 6. The van der Waals surface area contributed by atoms with Gasteiger partial charge in [-0.15, -0.1) is 10.2 Å². The lowest BCUT2D eigenvalue weighted by molar-refractivity contribution is 0.102. The highest BCUT2D eigenvalue weighted by Gasteiger charge is 2.22. The topological polar surface area (TPSA) is 81.9 Å². The molecule has 1 N–H and O–H groups in total. The fourth-order valence-electron chi connectivity index (χ4n) is 1.74. The van der Waals surface area contributed by atoms with Crippen molar-refractivity contribution in [1.82, 2.24) is 20.0 Å². The molecule has 3 heterocycles. The van der Waals surface area contributed by atoms with Crippen molar-refractivity contribution >= 4 is 22.4 Å². The summed E-state index contributed by atoms with van der Waals surface area (Å²) in [6, 6.07) is 0. The van der Waals surface area contributed by atoms with Gasteiger partial charge >= 0.3 is 0 Å². The van der Waals surface area contributed by atoms with Crippen LogP contribution >= 0.6 is 11.3 Å². The molecule has 8 heteroatoms. The van der Waals surface area contributed by atoms with E-state index in [2.05, 4.69) is 20.6 Å². The fraction of sp³-hybridized carbons (Fsp3) is 0.400. The summed E-state index contributed by atoms with van der Waals surface area (Å²) >= 11 is 1.33. The van der Waals surface area contributed by atoms with E-state index in [0.717, 1.165) is 18.0 Å². The number of nitrogens with one attached hydrogen (secondary N) is 1. The van der Waals surface area contributed by atoms with Crippen LogP contribution in [-0.2, 0) is 6.54 Å². The monoisotopic (exact) mass is 265 g/mol. The van der Waals surface area contributed by atoms with Gasteiger partial charge in [0.05, 0.1) is 12.8 Å². The number of carbonyl (C=O) groups is 1. The Morgan fingerprint density at radius 2 is 2.44 bits per heavy atom. The smallest absolute Gasteiger partial charge is 0.264 e. The standard InChI is InChI=1S/C10H11N5O2S/c1-6-13-14-10(18-6)12-8(16)7-5-11-15-3-2-4-17-9(7)15/h5H,2-4H2,1H3,(H,12,14,16). The normalized spacial score (nSPS) is 13.8. The van der Waals surface area contributed by atoms with E-state index in [-0.39, 0.29) is 5.91 Å². The number of fused-ring (bicyclic) bond motifs is 1. The molecule has 0 aliphatic carbocycles. The average Bonchev–Trinajstić information content (AvgIpc) is 2.95. The molecule has 1 aliphatic heterocycles. The van der Waals surface area contributed by atoms with E-state index in [9.17, 15) is 4.79 Å². The zero-order valence-electron chi connectivity index (χ0n) is 9.71. The van der Waals surface area contributed by atoms with Crippen molar-refractivity contribution in [2.24, 2.45) is 0 Å². The molecule has 0 fully saturated rings. The number of rotatable bonds is 2. The Morgan fingerprint density at radius 3 is 3.22 bits per heavy atom. The van der Waals surface area contributed by atoms with Crippen LogP contribution in [0.25, 0.3) is 0 Å². The quantitative estimate of drug-likeness (QED) is 0.878. The zero-order valence-corrected chi connectivity index (χ0v) is 10.5. The van der Waals surface area contributed by atoms with Gasteiger partial charge in [-0.3, -0.25) is 10.1 Å². The molecule has 0 spiro atoms. The molecule has 3 rings (SSSR count). The van der Waals surface area contributed by atoms with Gasteiger partial charge in [0.1, 0.15) is 10.6 Å². The lowest BCUT2D eigenvalue weighted by Gasteiger charge is -2.15. The van der Waals surface area contributed by atoms with Gasteiger partial charge in [-0.2, -0.15) is 5.10 Å². The minimum atomic E-state index is -0.269. The molecule has 0 saturated heterocycles. The molecule has 1 aliphatic rings. The number of amides is 1. The second-order valence-electron chi connectivity index (χ2n) is 3.87. The van der Waals surface area contributed by atoms with E-state index < -0.39 is 0 Å². The van der Waals surface area contributed by atoms with Crippen LogP contribution < -0.4 is 10.1 Å². The van der Waals surface area contributed by atoms with E-state index in [4.69, 9.17) is 4.74 Å². The summed E-state index contributed by atoms with van der Waals surface area (Å²) < 4.78 is 7.16. The molecule has 7 nitrogen and oxygen atoms in total. The predicted molar refractivity (Wildman–Crippen MR) is 64.9 cm³/mol. The number of hydrogen-bond donors (Lipinski definition) is 1. The SMILES string of the molecule is Cc1nnc(NC(=O)c2cnn3c2OCCC3)s1. The van der Waals surface area contributed by atoms with Crippen molar-refractivity contribution < 1.29 is 9.53 Å². The largest absolute Gasteiger partial charge is 0.477 e. The number of carbonyl (C=O) groups excluding carboxylic acids is 1. The van der Waals surface area contributed by atoms with Crippen molar-refractivity contribution in [3.05, 3.63) is 16.8 Å². The first kappa shape index (κ1) is 11.1. The zero-order chi connectivity index (χ0) is 12.5. The van der Waals surface area contributed by atoms with E-state index in [1.807, 2.05) is 6.92 Å². The summed E-state index contributed by atoms with van der Waals surface area (Å²) in [4.78, 5) is 12.1. The maximum absolute atomic E-state index is 12.1. The number of anilines is 1. The summed E-state index contributed by atoms with van der Waals surface area (Å²) in [6.45, 7) is 3.22. The highest BCUT2D eigenvalue weighted by molar-refractivity contribution is 7.15. The number of aromatic nitrogens is 4. The van der Waals surface area contributed by atoms with Crippen LogP contribution in [0.1, 0.15) is 21.8 Å². The molecule has 1 amide bonds. The molecule has 0 bridgehead atoms. The third kappa shape index (κ3) is 1.94. The van der Waals surface area contributed by atoms with E-state index in [1.54, 1.807) is 4.68 Å². The highest BCUT2D eigenvalue weighted by Crippen LogP contribution is 2.23. The summed E-state index contributed by atoms with van der Waals surface area (Å²) in [7, 11) is 0. The lowest BCUT2D eigenvalue weighted by Crippen LogP contribution is -2.18. The van der Waals surface area contributed by atoms with Crippen molar-refractivity contribution in [3.63, 3.8) is 0 Å². The second kappa shape index (κ2) is 4.37.